The number of ether oxygens (including phenoxy) is 2. The fourth-order valence-electron chi connectivity index (χ4n) is 2.82. The van der Waals surface area contributed by atoms with Gasteiger partial charge >= 0.3 is 0 Å². The molecule has 0 aliphatic carbocycles. The molecule has 2 rings (SSSR count). The maximum Gasteiger partial charge on any atom is 0.205 e. The summed E-state index contributed by atoms with van der Waals surface area (Å²) in [4.78, 5) is 11.8. The number of phenolic OH excluding ortho intramolecular Hbond substituents is 1. The lowest BCUT2D eigenvalue weighted by Gasteiger charge is -2.18. The molecular weight excluding hydrogens is 359 g/mol. The van der Waals surface area contributed by atoms with Crippen molar-refractivity contribution in [1.82, 2.24) is 0 Å². The van der Waals surface area contributed by atoms with E-state index in [1.54, 1.807) is 25.1 Å². The van der Waals surface area contributed by atoms with Crippen LogP contribution in [0, 0.1) is 12.7 Å². The number of methoxy groups -OCH3 is 1. The van der Waals surface area contributed by atoms with Crippen molar-refractivity contribution in [1.29, 1.82) is 0 Å². The molecule has 2 aromatic rings. The van der Waals surface area contributed by atoms with Crippen LogP contribution in [0.15, 0.2) is 24.3 Å². The Kier molecular flexibility index (Phi) is 6.86. The van der Waals surface area contributed by atoms with Crippen LogP contribution in [-0.2, 0) is 6.42 Å². The Morgan fingerprint density at radius 2 is 1.92 bits per heavy atom. The van der Waals surface area contributed by atoms with Crippen molar-refractivity contribution in [3.8, 4) is 17.2 Å². The summed E-state index contributed by atoms with van der Waals surface area (Å²) in [5, 5.41) is 10.6. The first kappa shape index (κ1) is 20.0. The zero-order chi connectivity index (χ0) is 19.3. The number of hydrogen-bond donors (Lipinski definition) is 1. The topological polar surface area (TPSA) is 55.8 Å². The molecule has 0 aromatic heterocycles. The third-order valence-electron chi connectivity index (χ3n) is 4.16. The highest BCUT2D eigenvalue weighted by atomic mass is 35.5. The minimum absolute atomic E-state index is 0.0548. The Hall–Kier alpha value is -2.27. The molecule has 0 aliphatic heterocycles. The van der Waals surface area contributed by atoms with Gasteiger partial charge in [-0.15, -0.1) is 0 Å². The van der Waals surface area contributed by atoms with Crippen LogP contribution < -0.4 is 9.47 Å². The molecule has 6 heteroatoms. The Morgan fingerprint density at radius 3 is 2.54 bits per heavy atom. The van der Waals surface area contributed by atoms with Crippen LogP contribution in [0.25, 0.3) is 0 Å². The summed E-state index contributed by atoms with van der Waals surface area (Å²) in [5.74, 6) is -0.552. The van der Waals surface area contributed by atoms with E-state index in [0.717, 1.165) is 0 Å². The van der Waals surface area contributed by atoms with Crippen molar-refractivity contribution in [2.75, 3.05) is 13.7 Å². The lowest BCUT2D eigenvalue weighted by atomic mass is 10.0. The van der Waals surface area contributed by atoms with Crippen LogP contribution in [0.1, 0.15) is 41.3 Å². The first-order valence-corrected chi connectivity index (χ1v) is 8.72. The van der Waals surface area contributed by atoms with E-state index in [1.165, 1.54) is 20.1 Å². The summed E-state index contributed by atoms with van der Waals surface area (Å²) in [7, 11) is 1.42. The van der Waals surface area contributed by atoms with Crippen molar-refractivity contribution < 1.29 is 23.8 Å². The van der Waals surface area contributed by atoms with Crippen molar-refractivity contribution in [3.05, 3.63) is 51.8 Å². The van der Waals surface area contributed by atoms with Crippen molar-refractivity contribution in [3.63, 3.8) is 0 Å². The second-order valence-corrected chi connectivity index (χ2v) is 6.36. The van der Waals surface area contributed by atoms with E-state index in [2.05, 4.69) is 0 Å². The van der Waals surface area contributed by atoms with Gasteiger partial charge in [0, 0.05) is 0 Å². The molecule has 0 bridgehead atoms. The van der Waals surface area contributed by atoms with E-state index in [4.69, 9.17) is 21.1 Å². The Bertz CT molecular complexity index is 805. The number of hydrogen-bond acceptors (Lipinski definition) is 4. The number of phenols is 1. The maximum atomic E-state index is 13.6. The molecule has 1 N–H and O–H groups in total. The smallest absolute Gasteiger partial charge is 0.205 e. The third-order valence-corrected chi connectivity index (χ3v) is 4.62. The molecule has 4 nitrogen and oxygen atoms in total. The highest BCUT2D eigenvalue weighted by Gasteiger charge is 2.25. The molecule has 0 radical (unpaired) electrons. The zero-order valence-electron chi connectivity index (χ0n) is 15.1. The van der Waals surface area contributed by atoms with Crippen LogP contribution >= 0.6 is 11.6 Å². The number of benzene rings is 2. The lowest BCUT2D eigenvalue weighted by Crippen LogP contribution is -2.06. The normalized spacial score (nSPS) is 10.7. The molecule has 0 spiro atoms. The molecule has 0 saturated carbocycles. The predicted molar refractivity (Wildman–Crippen MR) is 99.2 cm³/mol. The second kappa shape index (κ2) is 8.90. The van der Waals surface area contributed by atoms with Gasteiger partial charge in [0.25, 0.3) is 0 Å². The third kappa shape index (κ3) is 4.28. The van der Waals surface area contributed by atoms with Gasteiger partial charge < -0.3 is 14.6 Å². The van der Waals surface area contributed by atoms with Gasteiger partial charge in [-0.2, -0.15) is 0 Å². The van der Waals surface area contributed by atoms with Gasteiger partial charge in [-0.05, 0) is 50.3 Å². The number of Topliss-reactive ketones (excluding diaryl/α,β-unsaturated/α-hetero) is 1. The fourth-order valence-corrected chi connectivity index (χ4v) is 3.08. The number of aromatic hydroxyl groups is 1. The monoisotopic (exact) mass is 380 g/mol. The van der Waals surface area contributed by atoms with Gasteiger partial charge in [0.05, 0.1) is 24.3 Å². The van der Waals surface area contributed by atoms with E-state index in [9.17, 15) is 14.3 Å². The number of aryl methyl sites for hydroxylation is 1. The summed E-state index contributed by atoms with van der Waals surface area (Å²) in [5.41, 5.74) is 1.22. The molecule has 0 saturated heterocycles. The SMILES string of the molecule is COc1c(Cl)c(C)c(C(C)=O)c(O)c1OCCCCc1ccccc1F. The first-order chi connectivity index (χ1) is 12.4. The summed E-state index contributed by atoms with van der Waals surface area (Å²) in [6.07, 6.45) is 1.94. The lowest BCUT2D eigenvalue weighted by molar-refractivity contribution is 0.101. The molecule has 0 fully saturated rings. The maximum absolute atomic E-state index is 13.6. The fraction of sp³-hybridized carbons (Fsp3) is 0.350. The second-order valence-electron chi connectivity index (χ2n) is 5.98. The molecule has 0 aliphatic rings. The van der Waals surface area contributed by atoms with Gasteiger partial charge in [-0.1, -0.05) is 29.8 Å². The van der Waals surface area contributed by atoms with E-state index < -0.39 is 0 Å². The predicted octanol–water partition coefficient (Wildman–Crippen LogP) is 5.11. The number of halogens is 2. The molecule has 0 atom stereocenters. The Labute approximate surface area is 157 Å². The molecule has 2 aromatic carbocycles. The number of rotatable bonds is 8. The number of unbranched alkanes of at least 4 members (excludes halogenated alkanes) is 1. The van der Waals surface area contributed by atoms with Crippen LogP contribution in [0.4, 0.5) is 4.39 Å². The van der Waals surface area contributed by atoms with Crippen LogP contribution in [0.3, 0.4) is 0 Å². The van der Waals surface area contributed by atoms with E-state index in [1.807, 2.05) is 0 Å². The van der Waals surface area contributed by atoms with Crippen molar-refractivity contribution in [2.24, 2.45) is 0 Å². The highest BCUT2D eigenvalue weighted by Crippen LogP contribution is 2.47. The van der Waals surface area contributed by atoms with E-state index in [-0.39, 0.29) is 46.0 Å². The number of carbonyl (C=O) groups is 1. The van der Waals surface area contributed by atoms with E-state index in [0.29, 0.717) is 30.4 Å². The summed E-state index contributed by atoms with van der Waals surface area (Å²) in [6.45, 7) is 3.26. The van der Waals surface area contributed by atoms with Gasteiger partial charge in [0.2, 0.25) is 5.75 Å². The van der Waals surface area contributed by atoms with Crippen LogP contribution in [0.2, 0.25) is 5.02 Å². The van der Waals surface area contributed by atoms with E-state index >= 15 is 0 Å². The molecule has 0 heterocycles. The molecule has 140 valence electrons. The van der Waals surface area contributed by atoms with Gasteiger partial charge in [0.1, 0.15) is 5.82 Å². The largest absolute Gasteiger partial charge is 0.504 e. The minimum atomic E-state index is -0.311. The van der Waals surface area contributed by atoms with Crippen molar-refractivity contribution >= 4 is 17.4 Å². The standard InChI is InChI=1S/C20H22ClFO4/c1-12-16(13(2)23)18(24)20(19(25-3)17(12)21)26-11-7-6-9-14-8-4-5-10-15(14)22/h4-5,8,10,24H,6-7,9,11H2,1-3H3. The summed E-state index contributed by atoms with van der Waals surface area (Å²) < 4.78 is 24.5. The molecule has 0 unspecified atom stereocenters. The first-order valence-electron chi connectivity index (χ1n) is 8.34. The Balaban J connectivity index is 2.07. The van der Waals surface area contributed by atoms with Crippen molar-refractivity contribution in [2.45, 2.75) is 33.1 Å². The van der Waals surface area contributed by atoms with Gasteiger partial charge in [-0.25, -0.2) is 4.39 Å². The van der Waals surface area contributed by atoms with Gasteiger partial charge in [-0.3, -0.25) is 4.79 Å². The van der Waals surface area contributed by atoms with Crippen LogP contribution in [-0.4, -0.2) is 24.6 Å². The highest BCUT2D eigenvalue weighted by molar-refractivity contribution is 6.34. The number of carbonyl (C=O) groups excluding carboxylic acids is 1. The number of ketones is 1. The molecular formula is C20H22ClFO4. The minimum Gasteiger partial charge on any atom is -0.504 e. The molecule has 26 heavy (non-hydrogen) atoms. The summed E-state index contributed by atoms with van der Waals surface area (Å²) in [6, 6.07) is 6.65. The van der Waals surface area contributed by atoms with Gasteiger partial charge in [0.15, 0.2) is 17.3 Å². The molecule has 0 amide bonds. The average Bonchev–Trinajstić information content (AvgIpc) is 2.60. The Morgan fingerprint density at radius 1 is 1.23 bits per heavy atom. The zero-order valence-corrected chi connectivity index (χ0v) is 15.8. The summed E-state index contributed by atoms with van der Waals surface area (Å²) >= 11 is 6.25. The quantitative estimate of drug-likeness (QED) is 0.511. The average molecular weight is 381 g/mol. The van der Waals surface area contributed by atoms with Crippen LogP contribution in [0.5, 0.6) is 17.2 Å².